The minimum atomic E-state index is -0.511. The number of hydrogen-bond donors (Lipinski definition) is 0. The number of unbranched alkanes of at least 4 members (excludes halogenated alkanes) is 4. The molecule has 1 rings (SSSR count). The summed E-state index contributed by atoms with van der Waals surface area (Å²) in [6.07, 6.45) is 5.94. The van der Waals surface area contributed by atoms with Gasteiger partial charge in [0.1, 0.15) is 5.75 Å². The Hall–Kier alpha value is -0.730. The molecule has 0 bridgehead atoms. The van der Waals surface area contributed by atoms with E-state index in [1.807, 2.05) is 0 Å². The molecule has 1 aromatic carbocycles. The first-order chi connectivity index (χ1) is 8.65. The lowest BCUT2D eigenvalue weighted by Gasteiger charge is -2.08. The smallest absolute Gasteiger partial charge is 0.252 e. The van der Waals surface area contributed by atoms with Crippen LogP contribution in [-0.4, -0.2) is 11.8 Å². The van der Waals surface area contributed by atoms with Crippen LogP contribution in [0, 0.1) is 0 Å². The van der Waals surface area contributed by atoms with Gasteiger partial charge in [0.05, 0.1) is 11.6 Å². The molecule has 2 nitrogen and oxygen atoms in total. The fraction of sp³-hybridized carbons (Fsp3) is 0.500. The van der Waals surface area contributed by atoms with E-state index in [-0.39, 0.29) is 0 Å². The number of carbonyl (C=O) groups is 1. The Kier molecular flexibility index (Phi) is 7.14. The maximum absolute atomic E-state index is 10.9. The Morgan fingerprint density at radius 2 is 1.94 bits per heavy atom. The van der Waals surface area contributed by atoms with E-state index < -0.39 is 5.24 Å². The molecule has 0 fully saturated rings. The first-order valence-corrected chi connectivity index (χ1v) is 7.03. The van der Waals surface area contributed by atoms with Crippen molar-refractivity contribution in [3.05, 3.63) is 28.8 Å². The zero-order chi connectivity index (χ0) is 13.4. The minimum absolute atomic E-state index is 0.386. The molecule has 0 radical (unpaired) electrons. The molecule has 0 spiro atoms. The fourth-order valence-electron chi connectivity index (χ4n) is 1.63. The molecule has 0 aliphatic heterocycles. The minimum Gasteiger partial charge on any atom is -0.492 e. The van der Waals surface area contributed by atoms with Gasteiger partial charge in [-0.3, -0.25) is 4.79 Å². The van der Waals surface area contributed by atoms with Crippen molar-refractivity contribution in [2.45, 2.75) is 39.0 Å². The quantitative estimate of drug-likeness (QED) is 0.493. The van der Waals surface area contributed by atoms with Crippen molar-refractivity contribution >= 4 is 28.4 Å². The fourth-order valence-corrected chi connectivity index (χ4v) is 1.98. The van der Waals surface area contributed by atoms with Gasteiger partial charge in [-0.05, 0) is 36.2 Å². The van der Waals surface area contributed by atoms with E-state index >= 15 is 0 Å². The predicted octanol–water partition coefficient (Wildman–Crippen LogP) is 5.07. The van der Waals surface area contributed by atoms with Crippen LogP contribution in [0.15, 0.2) is 18.2 Å². The summed E-state index contributed by atoms with van der Waals surface area (Å²) in [4.78, 5) is 10.9. The van der Waals surface area contributed by atoms with Crippen molar-refractivity contribution in [2.75, 3.05) is 6.61 Å². The number of carbonyl (C=O) groups excluding carboxylic acids is 1. The van der Waals surface area contributed by atoms with Crippen molar-refractivity contribution in [3.63, 3.8) is 0 Å². The lowest BCUT2D eigenvalue weighted by atomic mass is 10.2. The summed E-state index contributed by atoms with van der Waals surface area (Å²) in [7, 11) is 0. The van der Waals surface area contributed by atoms with Crippen molar-refractivity contribution in [2.24, 2.45) is 0 Å². The van der Waals surface area contributed by atoms with Crippen molar-refractivity contribution in [1.29, 1.82) is 0 Å². The van der Waals surface area contributed by atoms with Gasteiger partial charge in [0.15, 0.2) is 0 Å². The van der Waals surface area contributed by atoms with Crippen LogP contribution in [0.1, 0.15) is 49.4 Å². The van der Waals surface area contributed by atoms with Crippen molar-refractivity contribution < 1.29 is 9.53 Å². The molecule has 18 heavy (non-hydrogen) atoms. The van der Waals surface area contributed by atoms with Gasteiger partial charge in [0, 0.05) is 5.56 Å². The monoisotopic (exact) mass is 288 g/mol. The van der Waals surface area contributed by atoms with Gasteiger partial charge in [-0.15, -0.1) is 0 Å². The van der Waals surface area contributed by atoms with Crippen LogP contribution in [0.25, 0.3) is 0 Å². The highest BCUT2D eigenvalue weighted by Gasteiger charge is 2.07. The summed E-state index contributed by atoms with van der Waals surface area (Å²) in [5.41, 5.74) is 0.386. The molecule has 100 valence electrons. The molecule has 0 unspecified atom stereocenters. The summed E-state index contributed by atoms with van der Waals surface area (Å²) in [5.74, 6) is 0.605. The maximum Gasteiger partial charge on any atom is 0.252 e. The van der Waals surface area contributed by atoms with Crippen LogP contribution in [-0.2, 0) is 0 Å². The molecule has 1 aromatic rings. The van der Waals surface area contributed by atoms with Crippen LogP contribution in [0.3, 0.4) is 0 Å². The first kappa shape index (κ1) is 15.3. The first-order valence-electron chi connectivity index (χ1n) is 6.27. The average molecular weight is 289 g/mol. The molecule has 0 aliphatic carbocycles. The maximum atomic E-state index is 10.9. The molecule has 0 saturated carbocycles. The molecule has 0 aromatic heterocycles. The van der Waals surface area contributed by atoms with Crippen LogP contribution < -0.4 is 4.74 Å². The van der Waals surface area contributed by atoms with Gasteiger partial charge in [-0.2, -0.15) is 0 Å². The molecule has 0 amide bonds. The lowest BCUT2D eigenvalue weighted by molar-refractivity contribution is 0.108. The highest BCUT2D eigenvalue weighted by molar-refractivity contribution is 6.67. The van der Waals surface area contributed by atoms with E-state index in [1.54, 1.807) is 12.1 Å². The highest BCUT2D eigenvalue weighted by atomic mass is 35.5. The lowest BCUT2D eigenvalue weighted by Crippen LogP contribution is -1.99. The Morgan fingerprint density at radius 1 is 1.22 bits per heavy atom. The predicted molar refractivity (Wildman–Crippen MR) is 75.9 cm³/mol. The van der Waals surface area contributed by atoms with E-state index in [0.717, 1.165) is 6.42 Å². The van der Waals surface area contributed by atoms with Gasteiger partial charge >= 0.3 is 0 Å². The molecule has 0 saturated heterocycles. The SMILES string of the molecule is CCCCCCCOc1ccc(C(=O)Cl)cc1Cl. The van der Waals surface area contributed by atoms with Crippen molar-refractivity contribution in [1.82, 2.24) is 0 Å². The molecular weight excluding hydrogens is 271 g/mol. The third-order valence-corrected chi connectivity index (χ3v) is 3.18. The molecule has 0 atom stereocenters. The zero-order valence-electron chi connectivity index (χ0n) is 10.5. The second-order valence-corrected chi connectivity index (χ2v) is 4.93. The van der Waals surface area contributed by atoms with E-state index in [0.29, 0.717) is 22.9 Å². The summed E-state index contributed by atoms with van der Waals surface area (Å²) in [6.45, 7) is 2.84. The highest BCUT2D eigenvalue weighted by Crippen LogP contribution is 2.26. The molecule has 0 heterocycles. The third-order valence-electron chi connectivity index (χ3n) is 2.66. The molecule has 4 heteroatoms. The summed E-state index contributed by atoms with van der Waals surface area (Å²) in [5, 5.41) is -0.0851. The van der Waals surface area contributed by atoms with Gasteiger partial charge < -0.3 is 4.74 Å². The number of rotatable bonds is 8. The van der Waals surface area contributed by atoms with Crippen LogP contribution in [0.4, 0.5) is 0 Å². The van der Waals surface area contributed by atoms with Gasteiger partial charge in [0.25, 0.3) is 5.24 Å². The third kappa shape index (κ3) is 5.28. The van der Waals surface area contributed by atoms with Crippen LogP contribution in [0.5, 0.6) is 5.75 Å². The van der Waals surface area contributed by atoms with E-state index in [4.69, 9.17) is 27.9 Å². The zero-order valence-corrected chi connectivity index (χ0v) is 12.1. The molecule has 0 aliphatic rings. The normalized spacial score (nSPS) is 10.4. The number of halogens is 2. The van der Waals surface area contributed by atoms with E-state index in [2.05, 4.69) is 6.92 Å². The largest absolute Gasteiger partial charge is 0.492 e. The Labute approximate surface area is 118 Å². The standard InChI is InChI=1S/C14H18Cl2O2/c1-2-3-4-5-6-9-18-13-8-7-11(14(16)17)10-12(13)15/h7-8,10H,2-6,9H2,1H3. The summed E-state index contributed by atoms with van der Waals surface area (Å²) >= 11 is 11.4. The topological polar surface area (TPSA) is 26.3 Å². The molecular formula is C14H18Cl2O2. The second kappa shape index (κ2) is 8.39. The average Bonchev–Trinajstić information content (AvgIpc) is 2.35. The number of benzene rings is 1. The Balaban J connectivity index is 2.36. The van der Waals surface area contributed by atoms with Gasteiger partial charge in [-0.1, -0.05) is 44.2 Å². The van der Waals surface area contributed by atoms with Crippen molar-refractivity contribution in [3.8, 4) is 5.75 Å². The molecule has 0 N–H and O–H groups in total. The van der Waals surface area contributed by atoms with Crippen LogP contribution >= 0.6 is 23.2 Å². The number of ether oxygens (including phenoxy) is 1. The summed E-state index contributed by atoms with van der Waals surface area (Å²) < 4.78 is 5.57. The van der Waals surface area contributed by atoms with Crippen LogP contribution in [0.2, 0.25) is 5.02 Å². The second-order valence-electron chi connectivity index (χ2n) is 4.18. The Morgan fingerprint density at radius 3 is 2.56 bits per heavy atom. The summed E-state index contributed by atoms with van der Waals surface area (Å²) in [6, 6.07) is 4.83. The van der Waals surface area contributed by atoms with E-state index in [1.165, 1.54) is 31.7 Å². The Bertz CT molecular complexity index is 391. The number of hydrogen-bond acceptors (Lipinski definition) is 2. The van der Waals surface area contributed by atoms with E-state index in [9.17, 15) is 4.79 Å². The van der Waals surface area contributed by atoms with Gasteiger partial charge in [-0.25, -0.2) is 0 Å². The van der Waals surface area contributed by atoms with Gasteiger partial charge in [0.2, 0.25) is 0 Å².